The fourth-order valence-electron chi connectivity index (χ4n) is 8.98. The van der Waals surface area contributed by atoms with Crippen LogP contribution in [0.4, 0.5) is 4.79 Å². The van der Waals surface area contributed by atoms with E-state index in [1.165, 1.54) is 5.52 Å². The molecule has 49 heavy (non-hydrogen) atoms. The lowest BCUT2D eigenvalue weighted by molar-refractivity contribution is -0.201. The molecule has 0 unspecified atom stereocenters. The maximum atomic E-state index is 12.0. The number of nitrogens with zero attached hydrogens (tertiary/aromatic N) is 6. The van der Waals surface area contributed by atoms with Gasteiger partial charge in [0.2, 0.25) is 0 Å². The number of hydrogen-bond acceptors (Lipinski definition) is 9. The first-order valence-electron chi connectivity index (χ1n) is 16.8. The van der Waals surface area contributed by atoms with Gasteiger partial charge in [-0.2, -0.15) is 0 Å². The molecule has 13 nitrogen and oxygen atoms in total. The Morgan fingerprint density at radius 1 is 0.796 bits per heavy atom. The summed E-state index contributed by atoms with van der Waals surface area (Å²) in [7, 11) is 0. The Morgan fingerprint density at radius 3 is 1.67 bits per heavy atom. The number of nitrogens with one attached hydrogen (secondary N) is 2. The molecule has 6 aromatic heterocycles. The molecule has 0 atom stereocenters. The van der Waals surface area contributed by atoms with Crippen molar-refractivity contribution in [3.8, 4) is 0 Å². The van der Waals surface area contributed by atoms with Gasteiger partial charge >= 0.3 is 11.4 Å². The second-order valence-corrected chi connectivity index (χ2v) is 15.5. The number of hydrogen-bond donors (Lipinski definition) is 3. The van der Waals surface area contributed by atoms with E-state index in [1.807, 2.05) is 51.3 Å². The number of halogens is 1. The highest BCUT2D eigenvalue weighted by atomic mass is 35.5. The van der Waals surface area contributed by atoms with Crippen LogP contribution >= 0.6 is 11.6 Å². The zero-order chi connectivity index (χ0) is 34.3. The lowest BCUT2D eigenvalue weighted by Gasteiger charge is -2.71. The molecule has 0 aromatic carbocycles. The monoisotopic (exact) mass is 685 g/mol. The highest BCUT2D eigenvalue weighted by molar-refractivity contribution is 6.61. The van der Waals surface area contributed by atoms with Crippen LogP contribution < -0.4 is 5.73 Å². The molecule has 0 saturated heterocycles. The highest BCUT2D eigenvalue weighted by Crippen LogP contribution is 2.73. The Bertz CT molecular complexity index is 2200. The number of carbonyl (C=O) groups excluding carboxylic acids is 2. The minimum Gasteiger partial charge on any atom is -0.463 e. The SMILES string of the molecule is CC(C)OC(=O)CC12CC(n3cnc4cnc5[nH]ccc5c43)(C1)C2.CC(C)OC(=O)Cl.NC12CC(n3cnc4cnc5[nH]ccc5c43)(C1)C2. The van der Waals surface area contributed by atoms with Crippen LogP contribution in [0.1, 0.15) is 72.6 Å². The Morgan fingerprint density at radius 2 is 1.27 bits per heavy atom. The van der Waals surface area contributed by atoms with Crippen LogP contribution in [0.15, 0.2) is 49.6 Å². The first-order valence-corrected chi connectivity index (χ1v) is 17.1. The number of rotatable bonds is 6. The van der Waals surface area contributed by atoms with Crippen LogP contribution in [0.5, 0.6) is 0 Å². The zero-order valence-electron chi connectivity index (χ0n) is 28.0. The number of pyridine rings is 2. The summed E-state index contributed by atoms with van der Waals surface area (Å²) >= 11 is 4.81. The quantitative estimate of drug-likeness (QED) is 0.132. The molecule has 4 bridgehead atoms. The maximum Gasteiger partial charge on any atom is 0.404 e. The van der Waals surface area contributed by atoms with Gasteiger partial charge in [-0.15, -0.1) is 0 Å². The second-order valence-electron chi connectivity index (χ2n) is 15.2. The molecule has 4 N–H and O–H groups in total. The lowest BCUT2D eigenvalue weighted by atomic mass is 9.38. The fraction of sp³-hybridized carbons (Fsp3) is 0.486. The molecule has 0 radical (unpaired) electrons. The number of ether oxygens (including phenoxy) is 2. The molecule has 14 heteroatoms. The van der Waals surface area contributed by atoms with Crippen molar-refractivity contribution in [3.05, 3.63) is 49.6 Å². The van der Waals surface area contributed by atoms with E-state index in [9.17, 15) is 9.59 Å². The summed E-state index contributed by atoms with van der Waals surface area (Å²) in [5.74, 6) is -0.0639. The van der Waals surface area contributed by atoms with Gasteiger partial charge in [-0.05, 0) is 83.8 Å². The number of aromatic nitrogens is 8. The van der Waals surface area contributed by atoms with Gasteiger partial charge in [0, 0.05) is 45.8 Å². The fourth-order valence-corrected chi connectivity index (χ4v) is 9.16. The van der Waals surface area contributed by atoms with Gasteiger partial charge in [0.15, 0.2) is 0 Å². The van der Waals surface area contributed by atoms with E-state index in [4.69, 9.17) is 22.1 Å². The van der Waals surface area contributed by atoms with Crippen molar-refractivity contribution < 1.29 is 19.1 Å². The minimum atomic E-state index is -0.741. The molecule has 6 saturated carbocycles. The third-order valence-electron chi connectivity index (χ3n) is 10.6. The van der Waals surface area contributed by atoms with Crippen molar-refractivity contribution >= 4 is 67.1 Å². The summed E-state index contributed by atoms with van der Waals surface area (Å²) in [6, 6.07) is 4.14. The molecule has 6 aliphatic carbocycles. The van der Waals surface area contributed by atoms with Crippen LogP contribution in [-0.4, -0.2) is 68.2 Å². The van der Waals surface area contributed by atoms with Crippen LogP contribution in [0.3, 0.4) is 0 Å². The summed E-state index contributed by atoms with van der Waals surface area (Å²) in [6.07, 6.45) is 18.2. The predicted octanol–water partition coefficient (Wildman–Crippen LogP) is 6.41. The number of fused-ring (bicyclic) bond motifs is 6. The van der Waals surface area contributed by atoms with Gasteiger partial charge in [0.05, 0.1) is 60.2 Å². The average Bonchev–Trinajstić information content (AvgIpc) is 3.75. The number of carbonyl (C=O) groups is 2. The first-order chi connectivity index (χ1) is 23.3. The number of nitrogens with two attached hydrogens (primary N) is 1. The number of aromatic amines is 2. The van der Waals surface area contributed by atoms with E-state index < -0.39 is 5.43 Å². The van der Waals surface area contributed by atoms with Crippen LogP contribution in [0.25, 0.3) is 44.1 Å². The number of esters is 1. The van der Waals surface area contributed by atoms with Crippen LogP contribution in [0.2, 0.25) is 0 Å². The summed E-state index contributed by atoms with van der Waals surface area (Å²) < 4.78 is 14.3. The normalized spacial score (nSPS) is 27.4. The third-order valence-corrected chi connectivity index (χ3v) is 10.7. The Labute approximate surface area is 286 Å². The van der Waals surface area contributed by atoms with E-state index >= 15 is 0 Å². The molecule has 0 spiro atoms. The van der Waals surface area contributed by atoms with E-state index in [0.29, 0.717) is 6.42 Å². The minimum absolute atomic E-state index is 0.0363. The van der Waals surface area contributed by atoms with E-state index in [2.05, 4.69) is 55.9 Å². The van der Waals surface area contributed by atoms with Crippen molar-refractivity contribution in [1.29, 1.82) is 0 Å². The molecule has 0 amide bonds. The van der Waals surface area contributed by atoms with Crippen LogP contribution in [-0.2, 0) is 25.3 Å². The first kappa shape index (κ1) is 31.8. The molecule has 256 valence electrons. The highest BCUT2D eigenvalue weighted by Gasteiger charge is 2.69. The smallest absolute Gasteiger partial charge is 0.404 e. The van der Waals surface area contributed by atoms with E-state index in [1.54, 1.807) is 13.8 Å². The van der Waals surface area contributed by atoms with Gasteiger partial charge in [0.1, 0.15) is 22.3 Å². The summed E-state index contributed by atoms with van der Waals surface area (Å²) in [6.45, 7) is 7.27. The number of imidazole rings is 2. The van der Waals surface area contributed by atoms with Gasteiger partial charge in [0.25, 0.3) is 0 Å². The maximum absolute atomic E-state index is 12.0. The van der Waals surface area contributed by atoms with E-state index in [-0.39, 0.29) is 40.2 Å². The zero-order valence-corrected chi connectivity index (χ0v) is 28.8. The molecular formula is C35H40ClN9O4. The standard InChI is InChI=1S/C18H20N4O2.C13H13N5.C4H7ClO2/c1-11(2)24-14(23)5-17-7-18(8-17,9-17)22-10-21-13-6-20-16-12(15(13)22)3-4-19-16;14-12-4-13(5-12,6-12)18-7-17-9-3-16-11-8(10(9)18)1-2-15-11;1-3(2)7-4(5)6/h3-4,6,10-11H,5,7-9H2,1-2H3,(H,19,20);1-3,7H,4-6,14H2,(H,15,16);3H,1-2H3. The van der Waals surface area contributed by atoms with Crippen molar-refractivity contribution in [2.24, 2.45) is 11.1 Å². The molecule has 6 fully saturated rings. The Kier molecular flexibility index (Phi) is 7.14. The molecule has 6 aromatic rings. The summed E-state index contributed by atoms with van der Waals surface area (Å²) in [5, 5.41) is 2.27. The van der Waals surface area contributed by atoms with Crippen LogP contribution in [0, 0.1) is 5.41 Å². The summed E-state index contributed by atoms with van der Waals surface area (Å²) in [4.78, 5) is 45.9. The van der Waals surface area contributed by atoms with E-state index in [0.717, 1.165) is 77.1 Å². The van der Waals surface area contributed by atoms with Crippen molar-refractivity contribution in [1.82, 2.24) is 39.0 Å². The topological polar surface area (TPSA) is 172 Å². The third kappa shape index (κ3) is 5.16. The second kappa shape index (κ2) is 11.0. The Hall–Kier alpha value is -4.49. The number of H-pyrrole nitrogens is 2. The van der Waals surface area contributed by atoms with Gasteiger partial charge in [-0.3, -0.25) is 4.79 Å². The summed E-state index contributed by atoms with van der Waals surface area (Å²) in [5.41, 5.74) is 12.1. The van der Waals surface area contributed by atoms with Gasteiger partial charge in [-0.1, -0.05) is 0 Å². The largest absolute Gasteiger partial charge is 0.463 e. The molecule has 6 aliphatic rings. The van der Waals surface area contributed by atoms with Crippen molar-refractivity contribution in [3.63, 3.8) is 0 Å². The molecule has 6 heterocycles. The van der Waals surface area contributed by atoms with Crippen molar-refractivity contribution in [2.45, 2.75) is 101 Å². The molecule has 12 rings (SSSR count). The van der Waals surface area contributed by atoms with Crippen molar-refractivity contribution in [2.75, 3.05) is 0 Å². The Balaban J connectivity index is 0.000000123. The van der Waals surface area contributed by atoms with Gasteiger partial charge < -0.3 is 34.3 Å². The van der Waals surface area contributed by atoms with Gasteiger partial charge in [-0.25, -0.2) is 24.7 Å². The predicted molar refractivity (Wildman–Crippen MR) is 185 cm³/mol. The molecular weight excluding hydrogens is 646 g/mol. The lowest BCUT2D eigenvalue weighted by Crippen LogP contribution is -2.76. The molecule has 0 aliphatic heterocycles. The average molecular weight is 686 g/mol.